The molecular formula is C19H24N4O3S. The van der Waals surface area contributed by atoms with Crippen molar-refractivity contribution in [3.05, 3.63) is 34.7 Å². The van der Waals surface area contributed by atoms with Gasteiger partial charge in [0.25, 0.3) is 5.91 Å². The Kier molecular flexibility index (Phi) is 5.54. The molecule has 2 aromatic heterocycles. The minimum Gasteiger partial charge on any atom is -0.472 e. The number of carbonyl (C=O) groups is 2. The first-order valence-corrected chi connectivity index (χ1v) is 10.3. The van der Waals surface area contributed by atoms with Crippen LogP contribution in [-0.2, 0) is 17.8 Å². The van der Waals surface area contributed by atoms with Crippen molar-refractivity contribution in [1.29, 1.82) is 0 Å². The highest BCUT2D eigenvalue weighted by Gasteiger charge is 2.24. The highest BCUT2D eigenvalue weighted by molar-refractivity contribution is 7.15. The second kappa shape index (κ2) is 8.22. The number of thiazole rings is 1. The molecule has 1 aliphatic carbocycles. The van der Waals surface area contributed by atoms with Gasteiger partial charge in [0.05, 0.1) is 24.1 Å². The maximum Gasteiger partial charge on any atom is 0.260 e. The van der Waals surface area contributed by atoms with E-state index in [9.17, 15) is 9.59 Å². The molecule has 0 saturated heterocycles. The molecule has 0 atom stereocenters. The van der Waals surface area contributed by atoms with Gasteiger partial charge >= 0.3 is 0 Å². The van der Waals surface area contributed by atoms with E-state index in [1.807, 2.05) is 0 Å². The van der Waals surface area contributed by atoms with Crippen molar-refractivity contribution in [3.63, 3.8) is 0 Å². The third-order valence-electron chi connectivity index (χ3n) is 5.15. The Labute approximate surface area is 162 Å². The zero-order chi connectivity index (χ0) is 18.6. The quantitative estimate of drug-likeness (QED) is 0.822. The second-order valence-electron chi connectivity index (χ2n) is 7.22. The maximum atomic E-state index is 12.3. The Morgan fingerprint density at radius 1 is 1.30 bits per heavy atom. The van der Waals surface area contributed by atoms with E-state index in [-0.39, 0.29) is 11.8 Å². The molecule has 1 fully saturated rings. The molecule has 1 saturated carbocycles. The summed E-state index contributed by atoms with van der Waals surface area (Å²) in [5.41, 5.74) is 1.50. The van der Waals surface area contributed by atoms with E-state index in [1.165, 1.54) is 43.1 Å². The maximum absolute atomic E-state index is 12.3. The van der Waals surface area contributed by atoms with Crippen LogP contribution in [0.1, 0.15) is 53.0 Å². The Morgan fingerprint density at radius 3 is 2.93 bits per heavy atom. The monoisotopic (exact) mass is 388 g/mol. The topological polar surface area (TPSA) is 87.5 Å². The molecule has 3 heterocycles. The van der Waals surface area contributed by atoms with Gasteiger partial charge in [-0.3, -0.25) is 19.8 Å². The first kappa shape index (κ1) is 18.2. The number of nitrogens with zero attached hydrogens (tertiary/aromatic N) is 2. The average Bonchev–Trinajstić information content (AvgIpc) is 3.31. The lowest BCUT2D eigenvalue weighted by Gasteiger charge is -2.27. The van der Waals surface area contributed by atoms with Crippen molar-refractivity contribution in [2.45, 2.75) is 51.1 Å². The van der Waals surface area contributed by atoms with Crippen molar-refractivity contribution >= 4 is 28.3 Å². The summed E-state index contributed by atoms with van der Waals surface area (Å²) in [5, 5.41) is 6.60. The summed E-state index contributed by atoms with van der Waals surface area (Å²) in [7, 11) is 0. The van der Waals surface area contributed by atoms with Crippen LogP contribution in [-0.4, -0.2) is 40.8 Å². The van der Waals surface area contributed by atoms with E-state index in [1.54, 1.807) is 6.07 Å². The van der Waals surface area contributed by atoms with Gasteiger partial charge in [0.2, 0.25) is 5.91 Å². The number of furan rings is 1. The number of fused-ring (bicyclic) bond motifs is 1. The van der Waals surface area contributed by atoms with Crippen molar-refractivity contribution in [1.82, 2.24) is 15.2 Å². The van der Waals surface area contributed by atoms with Crippen LogP contribution in [0.3, 0.4) is 0 Å². The molecule has 0 bridgehead atoms. The van der Waals surface area contributed by atoms with Crippen LogP contribution in [0.4, 0.5) is 5.13 Å². The number of nitrogens with one attached hydrogen (secondary N) is 2. The van der Waals surface area contributed by atoms with E-state index >= 15 is 0 Å². The van der Waals surface area contributed by atoms with Gasteiger partial charge in [-0.05, 0) is 18.9 Å². The van der Waals surface area contributed by atoms with Crippen LogP contribution in [0, 0.1) is 0 Å². The number of anilines is 1. The van der Waals surface area contributed by atoms with Crippen LogP contribution < -0.4 is 10.6 Å². The molecule has 0 unspecified atom stereocenters. The fourth-order valence-electron chi connectivity index (χ4n) is 3.72. The summed E-state index contributed by atoms with van der Waals surface area (Å²) < 4.78 is 4.94. The third-order valence-corrected chi connectivity index (χ3v) is 6.15. The Morgan fingerprint density at radius 2 is 2.15 bits per heavy atom. The van der Waals surface area contributed by atoms with Crippen molar-refractivity contribution in [2.75, 3.05) is 18.4 Å². The largest absolute Gasteiger partial charge is 0.472 e. The summed E-state index contributed by atoms with van der Waals surface area (Å²) >= 11 is 1.48. The fraction of sp³-hybridized carbons (Fsp3) is 0.526. The smallest absolute Gasteiger partial charge is 0.260 e. The normalized spacial score (nSPS) is 18.1. The molecule has 0 spiro atoms. The standard InChI is InChI=1S/C19H24N4O3S/c24-17(20-14-4-2-1-3-5-14)11-23-8-6-15-16(10-23)27-19(21-15)22-18(25)13-7-9-26-12-13/h7,9,12,14H,1-6,8,10-11H2,(H,20,24)(H,21,22,25). The number of aromatic nitrogens is 1. The number of hydrogen-bond acceptors (Lipinski definition) is 6. The summed E-state index contributed by atoms with van der Waals surface area (Å²) in [5.74, 6) is -0.109. The molecule has 2 aromatic rings. The molecule has 2 N–H and O–H groups in total. The lowest BCUT2D eigenvalue weighted by molar-refractivity contribution is -0.123. The molecule has 1 aliphatic heterocycles. The summed E-state index contributed by atoms with van der Waals surface area (Å²) in [6.45, 7) is 1.93. The highest BCUT2D eigenvalue weighted by atomic mass is 32.1. The molecule has 0 radical (unpaired) electrons. The minimum atomic E-state index is -0.224. The van der Waals surface area contributed by atoms with Gasteiger partial charge in [-0.15, -0.1) is 11.3 Å². The van der Waals surface area contributed by atoms with Gasteiger partial charge in [-0.1, -0.05) is 19.3 Å². The summed E-state index contributed by atoms with van der Waals surface area (Å²) in [4.78, 5) is 32.3. The molecule has 8 heteroatoms. The molecule has 7 nitrogen and oxygen atoms in total. The van der Waals surface area contributed by atoms with E-state index in [4.69, 9.17) is 4.42 Å². The lowest BCUT2D eigenvalue weighted by atomic mass is 9.95. The molecule has 0 aromatic carbocycles. The number of rotatable bonds is 5. The van der Waals surface area contributed by atoms with Crippen LogP contribution >= 0.6 is 11.3 Å². The zero-order valence-electron chi connectivity index (χ0n) is 15.2. The molecule has 2 amide bonds. The molecule has 4 rings (SSSR count). The third kappa shape index (κ3) is 4.56. The minimum absolute atomic E-state index is 0.114. The van der Waals surface area contributed by atoms with Crippen LogP contribution in [0.25, 0.3) is 0 Å². The van der Waals surface area contributed by atoms with E-state index in [2.05, 4.69) is 20.5 Å². The predicted molar refractivity (Wildman–Crippen MR) is 103 cm³/mol. The van der Waals surface area contributed by atoms with E-state index in [0.717, 1.165) is 36.4 Å². The number of amides is 2. The Balaban J connectivity index is 1.31. The molecular weight excluding hydrogens is 364 g/mol. The van der Waals surface area contributed by atoms with Gasteiger partial charge in [0.15, 0.2) is 5.13 Å². The molecule has 27 heavy (non-hydrogen) atoms. The first-order chi connectivity index (χ1) is 13.2. The van der Waals surface area contributed by atoms with Crippen molar-refractivity contribution in [2.24, 2.45) is 0 Å². The highest BCUT2D eigenvalue weighted by Crippen LogP contribution is 2.28. The van der Waals surface area contributed by atoms with Crippen molar-refractivity contribution < 1.29 is 14.0 Å². The summed E-state index contributed by atoms with van der Waals surface area (Å²) in [6, 6.07) is 1.97. The Hall–Kier alpha value is -2.19. The lowest BCUT2D eigenvalue weighted by Crippen LogP contribution is -2.44. The van der Waals surface area contributed by atoms with Crippen LogP contribution in [0.15, 0.2) is 23.0 Å². The predicted octanol–water partition coefficient (Wildman–Crippen LogP) is 2.80. The van der Waals surface area contributed by atoms with Crippen LogP contribution in [0.2, 0.25) is 0 Å². The van der Waals surface area contributed by atoms with E-state index < -0.39 is 0 Å². The average molecular weight is 388 g/mol. The number of hydrogen-bond donors (Lipinski definition) is 2. The summed E-state index contributed by atoms with van der Waals surface area (Å²) in [6.07, 6.45) is 9.59. The molecule has 2 aliphatic rings. The second-order valence-corrected chi connectivity index (χ2v) is 8.30. The molecule has 144 valence electrons. The van der Waals surface area contributed by atoms with Crippen LogP contribution in [0.5, 0.6) is 0 Å². The SMILES string of the molecule is O=C(CN1CCc2nc(NC(=O)c3ccoc3)sc2C1)NC1CCCCC1. The Bertz CT molecular complexity index is 796. The van der Waals surface area contributed by atoms with Gasteiger partial charge < -0.3 is 9.73 Å². The fourth-order valence-corrected chi connectivity index (χ4v) is 4.77. The zero-order valence-corrected chi connectivity index (χ0v) is 16.0. The van der Waals surface area contributed by atoms with Crippen molar-refractivity contribution in [3.8, 4) is 0 Å². The van der Waals surface area contributed by atoms with Gasteiger partial charge in [0.1, 0.15) is 6.26 Å². The first-order valence-electron chi connectivity index (χ1n) is 9.51. The van der Waals surface area contributed by atoms with Gasteiger partial charge in [-0.2, -0.15) is 0 Å². The van der Waals surface area contributed by atoms with E-state index in [0.29, 0.717) is 29.8 Å². The van der Waals surface area contributed by atoms with Gasteiger partial charge in [0, 0.05) is 30.4 Å². The van der Waals surface area contributed by atoms with Gasteiger partial charge in [-0.25, -0.2) is 4.98 Å². The number of carbonyl (C=O) groups excluding carboxylic acids is 2.